The van der Waals surface area contributed by atoms with Gasteiger partial charge in [0.05, 0.1) is 4.47 Å². The second-order valence-corrected chi connectivity index (χ2v) is 4.81. The molecule has 0 saturated heterocycles. The molecule has 0 aromatic heterocycles. The first-order chi connectivity index (χ1) is 8.66. The van der Waals surface area contributed by atoms with Crippen LogP contribution in [0.1, 0.15) is 5.56 Å². The minimum Gasteiger partial charge on any atom is -0.381 e. The number of anilines is 1. The highest BCUT2D eigenvalue weighted by atomic mass is 79.9. The van der Waals surface area contributed by atoms with Crippen molar-refractivity contribution in [3.05, 3.63) is 71.0 Å². The highest BCUT2D eigenvalue weighted by molar-refractivity contribution is 9.10. The van der Waals surface area contributed by atoms with Crippen LogP contribution in [0.15, 0.2) is 59.6 Å². The van der Waals surface area contributed by atoms with E-state index < -0.39 is 0 Å². The summed E-state index contributed by atoms with van der Waals surface area (Å²) in [7, 11) is 0. The highest BCUT2D eigenvalue weighted by Gasteiger charge is 2.01. The number of rotatable bonds is 4. The zero-order valence-electron chi connectivity index (χ0n) is 9.79. The van der Waals surface area contributed by atoms with Gasteiger partial charge in [-0.05, 0) is 45.3 Å². The van der Waals surface area contributed by atoms with Gasteiger partial charge in [-0.3, -0.25) is 0 Å². The van der Waals surface area contributed by atoms with E-state index in [1.165, 1.54) is 6.07 Å². The molecule has 0 bridgehead atoms. The largest absolute Gasteiger partial charge is 0.381 e. The Morgan fingerprint density at radius 2 is 1.89 bits per heavy atom. The molecule has 0 aliphatic heterocycles. The van der Waals surface area contributed by atoms with Crippen LogP contribution in [0.3, 0.4) is 0 Å². The van der Waals surface area contributed by atoms with Crippen molar-refractivity contribution in [1.29, 1.82) is 0 Å². The molecule has 2 aromatic carbocycles. The van der Waals surface area contributed by atoms with Gasteiger partial charge in [0.1, 0.15) is 5.82 Å². The third-order valence-electron chi connectivity index (χ3n) is 2.61. The molecular formula is C15H13BrFN. The van der Waals surface area contributed by atoms with Gasteiger partial charge in [-0.15, -0.1) is 0 Å². The summed E-state index contributed by atoms with van der Waals surface area (Å²) in [6, 6.07) is 14.9. The zero-order valence-corrected chi connectivity index (χ0v) is 11.4. The van der Waals surface area contributed by atoms with E-state index in [4.69, 9.17) is 0 Å². The lowest BCUT2D eigenvalue weighted by Crippen LogP contribution is -2.03. The summed E-state index contributed by atoms with van der Waals surface area (Å²) in [5, 5.41) is 3.15. The number of benzene rings is 2. The molecular weight excluding hydrogens is 293 g/mol. The SMILES string of the molecule is C=C(CNc1ccc(Br)c(F)c1)c1ccccc1. The van der Waals surface area contributed by atoms with Gasteiger partial charge in [0.25, 0.3) is 0 Å². The fourth-order valence-electron chi connectivity index (χ4n) is 1.59. The van der Waals surface area contributed by atoms with Crippen LogP contribution in [-0.4, -0.2) is 6.54 Å². The molecule has 0 saturated carbocycles. The van der Waals surface area contributed by atoms with Crippen LogP contribution in [0, 0.1) is 5.82 Å². The van der Waals surface area contributed by atoms with E-state index in [1.807, 2.05) is 36.4 Å². The lowest BCUT2D eigenvalue weighted by Gasteiger charge is -2.09. The Morgan fingerprint density at radius 1 is 1.17 bits per heavy atom. The topological polar surface area (TPSA) is 12.0 Å². The molecule has 2 rings (SSSR count). The maximum Gasteiger partial charge on any atom is 0.139 e. The van der Waals surface area contributed by atoms with E-state index >= 15 is 0 Å². The molecule has 0 amide bonds. The van der Waals surface area contributed by atoms with Crippen LogP contribution >= 0.6 is 15.9 Å². The van der Waals surface area contributed by atoms with Crippen molar-refractivity contribution in [2.24, 2.45) is 0 Å². The maximum atomic E-state index is 13.3. The monoisotopic (exact) mass is 305 g/mol. The molecule has 0 unspecified atom stereocenters. The van der Waals surface area contributed by atoms with E-state index in [2.05, 4.69) is 27.8 Å². The molecule has 0 heterocycles. The smallest absolute Gasteiger partial charge is 0.139 e. The molecule has 0 fully saturated rings. The molecule has 0 radical (unpaired) electrons. The number of hydrogen-bond donors (Lipinski definition) is 1. The summed E-state index contributed by atoms with van der Waals surface area (Å²) in [5.41, 5.74) is 2.80. The quantitative estimate of drug-likeness (QED) is 0.862. The molecule has 1 N–H and O–H groups in total. The zero-order chi connectivity index (χ0) is 13.0. The van der Waals surface area contributed by atoms with Crippen molar-refractivity contribution in [2.45, 2.75) is 0 Å². The average Bonchev–Trinajstić information content (AvgIpc) is 2.41. The Hall–Kier alpha value is -1.61. The van der Waals surface area contributed by atoms with Gasteiger partial charge in [0.15, 0.2) is 0 Å². The van der Waals surface area contributed by atoms with E-state index in [1.54, 1.807) is 6.07 Å². The third kappa shape index (κ3) is 3.20. The number of halogens is 2. The van der Waals surface area contributed by atoms with Gasteiger partial charge in [0, 0.05) is 12.2 Å². The average molecular weight is 306 g/mol. The number of hydrogen-bond acceptors (Lipinski definition) is 1. The van der Waals surface area contributed by atoms with Crippen LogP contribution in [0.4, 0.5) is 10.1 Å². The predicted molar refractivity (Wildman–Crippen MR) is 78.1 cm³/mol. The first-order valence-electron chi connectivity index (χ1n) is 5.59. The van der Waals surface area contributed by atoms with Gasteiger partial charge in [0.2, 0.25) is 0 Å². The van der Waals surface area contributed by atoms with Gasteiger partial charge in [-0.1, -0.05) is 36.9 Å². The Bertz CT molecular complexity index is 552. The van der Waals surface area contributed by atoms with Crippen molar-refractivity contribution in [2.75, 3.05) is 11.9 Å². The predicted octanol–water partition coefficient (Wildman–Crippen LogP) is 4.71. The lowest BCUT2D eigenvalue weighted by atomic mass is 10.1. The van der Waals surface area contributed by atoms with E-state index in [0.717, 1.165) is 16.8 Å². The first kappa shape index (κ1) is 12.8. The summed E-state index contributed by atoms with van der Waals surface area (Å²) in [6.07, 6.45) is 0. The highest BCUT2D eigenvalue weighted by Crippen LogP contribution is 2.20. The Balaban J connectivity index is 1.99. The van der Waals surface area contributed by atoms with Crippen LogP contribution < -0.4 is 5.32 Å². The van der Waals surface area contributed by atoms with E-state index in [9.17, 15) is 4.39 Å². The standard InChI is InChI=1S/C15H13BrFN/c1-11(12-5-3-2-4-6-12)10-18-13-7-8-14(16)15(17)9-13/h2-9,18H,1,10H2. The molecule has 1 nitrogen and oxygen atoms in total. The fraction of sp³-hybridized carbons (Fsp3) is 0.0667. The minimum atomic E-state index is -0.273. The van der Waals surface area contributed by atoms with Crippen LogP contribution in [-0.2, 0) is 0 Å². The second-order valence-electron chi connectivity index (χ2n) is 3.95. The van der Waals surface area contributed by atoms with Crippen molar-refractivity contribution in [1.82, 2.24) is 0 Å². The molecule has 0 spiro atoms. The summed E-state index contributed by atoms with van der Waals surface area (Å²) >= 11 is 3.13. The molecule has 92 valence electrons. The lowest BCUT2D eigenvalue weighted by molar-refractivity contribution is 0.621. The first-order valence-corrected chi connectivity index (χ1v) is 6.38. The summed E-state index contributed by atoms with van der Waals surface area (Å²) < 4.78 is 13.8. The summed E-state index contributed by atoms with van der Waals surface area (Å²) in [6.45, 7) is 4.60. The van der Waals surface area contributed by atoms with Crippen molar-refractivity contribution >= 4 is 27.2 Å². The van der Waals surface area contributed by atoms with Gasteiger partial charge < -0.3 is 5.32 Å². The molecule has 3 heteroatoms. The fourth-order valence-corrected chi connectivity index (χ4v) is 1.84. The Labute approximate surface area is 114 Å². The van der Waals surface area contributed by atoms with Crippen molar-refractivity contribution < 1.29 is 4.39 Å². The molecule has 18 heavy (non-hydrogen) atoms. The van der Waals surface area contributed by atoms with Gasteiger partial charge in [-0.2, -0.15) is 0 Å². The molecule has 2 aromatic rings. The Morgan fingerprint density at radius 3 is 2.56 bits per heavy atom. The third-order valence-corrected chi connectivity index (χ3v) is 3.25. The van der Waals surface area contributed by atoms with Crippen molar-refractivity contribution in [3.8, 4) is 0 Å². The van der Waals surface area contributed by atoms with Crippen LogP contribution in [0.25, 0.3) is 5.57 Å². The molecule has 0 atom stereocenters. The van der Waals surface area contributed by atoms with Gasteiger partial charge in [-0.25, -0.2) is 4.39 Å². The Kier molecular flexibility index (Phi) is 4.15. The van der Waals surface area contributed by atoms with E-state index in [0.29, 0.717) is 11.0 Å². The summed E-state index contributed by atoms with van der Waals surface area (Å²) in [5.74, 6) is -0.273. The maximum absolute atomic E-state index is 13.3. The molecule has 0 aliphatic carbocycles. The second kappa shape index (κ2) is 5.83. The minimum absolute atomic E-state index is 0.273. The summed E-state index contributed by atoms with van der Waals surface area (Å²) in [4.78, 5) is 0. The van der Waals surface area contributed by atoms with Gasteiger partial charge >= 0.3 is 0 Å². The van der Waals surface area contributed by atoms with E-state index in [-0.39, 0.29) is 5.82 Å². The number of nitrogens with one attached hydrogen (secondary N) is 1. The van der Waals surface area contributed by atoms with Crippen LogP contribution in [0.2, 0.25) is 0 Å². The normalized spacial score (nSPS) is 10.1. The molecule has 0 aliphatic rings. The van der Waals surface area contributed by atoms with Crippen molar-refractivity contribution in [3.63, 3.8) is 0 Å². The van der Waals surface area contributed by atoms with Crippen LogP contribution in [0.5, 0.6) is 0 Å².